The number of fused-ring (bicyclic) bond motifs is 3. The number of dihydropyridines is 1. The second-order valence-corrected chi connectivity index (χ2v) is 9.27. The Bertz CT molecular complexity index is 1200. The van der Waals surface area contributed by atoms with Gasteiger partial charge >= 0.3 is 6.03 Å². The lowest BCUT2D eigenvalue weighted by Crippen LogP contribution is -2.56. The van der Waals surface area contributed by atoms with Crippen molar-refractivity contribution in [2.24, 2.45) is 5.92 Å². The maximum Gasteiger partial charge on any atom is 0.328 e. The van der Waals surface area contributed by atoms with E-state index in [0.717, 1.165) is 30.8 Å². The second kappa shape index (κ2) is 8.19. The summed E-state index contributed by atoms with van der Waals surface area (Å²) in [5, 5.41) is 9.27. The third kappa shape index (κ3) is 3.89. The highest BCUT2D eigenvalue weighted by Crippen LogP contribution is 2.34. The van der Waals surface area contributed by atoms with Crippen molar-refractivity contribution < 1.29 is 14.0 Å². The van der Waals surface area contributed by atoms with E-state index in [0.29, 0.717) is 35.8 Å². The zero-order chi connectivity index (χ0) is 23.2. The van der Waals surface area contributed by atoms with Crippen LogP contribution >= 0.6 is 0 Å². The first-order valence-corrected chi connectivity index (χ1v) is 11.8. The van der Waals surface area contributed by atoms with Crippen LogP contribution in [0, 0.1) is 12.8 Å². The van der Waals surface area contributed by atoms with E-state index >= 15 is 0 Å². The van der Waals surface area contributed by atoms with Gasteiger partial charge in [-0.25, -0.2) is 14.8 Å². The summed E-state index contributed by atoms with van der Waals surface area (Å²) in [6.45, 7) is 4.13. The standard InChI is InChI=1S/C24H27N7O3/c1-14-26-12-20(34-14)16-6-8-25-21(10-16)29-24(33)31-17-7-9-30(13-17)19-5-4-18(28-22(19)31)23(32)27-11-15-2-3-15/h4-6,8,10,12,15,17-18,28H,2-3,7,9,11,13H2,1H3,(H,27,32)(H,25,29,33)/t17-,18?/m0/s1. The first kappa shape index (κ1) is 20.8. The number of carbonyl (C=O) groups excluding carboxylic acids is 2. The van der Waals surface area contributed by atoms with E-state index in [4.69, 9.17) is 4.42 Å². The van der Waals surface area contributed by atoms with Crippen LogP contribution in [-0.4, -0.2) is 63.4 Å². The lowest BCUT2D eigenvalue weighted by molar-refractivity contribution is -0.122. The van der Waals surface area contributed by atoms with Crippen LogP contribution in [0.15, 0.2) is 52.6 Å². The monoisotopic (exact) mass is 461 g/mol. The second-order valence-electron chi connectivity index (χ2n) is 9.27. The van der Waals surface area contributed by atoms with Crippen molar-refractivity contribution in [1.29, 1.82) is 0 Å². The molecular formula is C24H27N7O3. The van der Waals surface area contributed by atoms with Crippen LogP contribution in [0.3, 0.4) is 0 Å². The Morgan fingerprint density at radius 2 is 2.15 bits per heavy atom. The normalized spacial score (nSPS) is 23.0. The summed E-state index contributed by atoms with van der Waals surface area (Å²) >= 11 is 0. The van der Waals surface area contributed by atoms with Crippen LogP contribution in [0.2, 0.25) is 0 Å². The fourth-order valence-corrected chi connectivity index (χ4v) is 4.75. The van der Waals surface area contributed by atoms with E-state index in [1.807, 2.05) is 18.2 Å². The van der Waals surface area contributed by atoms with Gasteiger partial charge in [-0.1, -0.05) is 6.08 Å². The molecule has 4 aliphatic rings. The van der Waals surface area contributed by atoms with Gasteiger partial charge in [0.15, 0.2) is 11.7 Å². The molecule has 5 heterocycles. The smallest absolute Gasteiger partial charge is 0.328 e. The maximum absolute atomic E-state index is 13.5. The zero-order valence-corrected chi connectivity index (χ0v) is 19.0. The van der Waals surface area contributed by atoms with Gasteiger partial charge in [-0.15, -0.1) is 0 Å². The van der Waals surface area contributed by atoms with Gasteiger partial charge < -0.3 is 20.0 Å². The minimum Gasteiger partial charge on any atom is -0.441 e. The van der Waals surface area contributed by atoms with Gasteiger partial charge in [0.25, 0.3) is 0 Å². The van der Waals surface area contributed by atoms with Gasteiger partial charge in [-0.3, -0.25) is 15.0 Å². The lowest BCUT2D eigenvalue weighted by Gasteiger charge is -2.40. The lowest BCUT2D eigenvalue weighted by atomic mass is 10.1. The van der Waals surface area contributed by atoms with E-state index in [2.05, 4.69) is 30.8 Å². The molecule has 3 aliphatic heterocycles. The van der Waals surface area contributed by atoms with Gasteiger partial charge in [-0.2, -0.15) is 0 Å². The number of nitrogens with zero attached hydrogens (tertiary/aromatic N) is 4. The van der Waals surface area contributed by atoms with Crippen LogP contribution in [0.1, 0.15) is 25.2 Å². The predicted molar refractivity (Wildman–Crippen MR) is 124 cm³/mol. The third-order valence-electron chi connectivity index (χ3n) is 6.76. The Kier molecular flexibility index (Phi) is 5.00. The summed E-state index contributed by atoms with van der Waals surface area (Å²) in [7, 11) is 0. The number of amides is 3. The molecule has 2 aromatic heterocycles. The van der Waals surface area contributed by atoms with Crippen LogP contribution in [-0.2, 0) is 4.79 Å². The quantitative estimate of drug-likeness (QED) is 0.625. The topological polar surface area (TPSA) is 116 Å². The van der Waals surface area contributed by atoms with Crippen molar-refractivity contribution in [3.8, 4) is 11.3 Å². The van der Waals surface area contributed by atoms with Gasteiger partial charge in [0.2, 0.25) is 5.91 Å². The summed E-state index contributed by atoms with van der Waals surface area (Å²) < 4.78 is 5.60. The number of pyridine rings is 1. The van der Waals surface area contributed by atoms with Crippen molar-refractivity contribution in [2.75, 3.05) is 25.0 Å². The molecule has 1 unspecified atom stereocenters. The highest BCUT2D eigenvalue weighted by atomic mass is 16.4. The van der Waals surface area contributed by atoms with Crippen molar-refractivity contribution in [2.45, 2.75) is 38.3 Å². The van der Waals surface area contributed by atoms with E-state index in [-0.39, 0.29) is 18.0 Å². The average Bonchev–Trinajstić information content (AvgIpc) is 3.43. The molecule has 3 N–H and O–H groups in total. The van der Waals surface area contributed by atoms with E-state index < -0.39 is 6.04 Å². The number of rotatable bonds is 5. The van der Waals surface area contributed by atoms with Crippen molar-refractivity contribution >= 4 is 17.8 Å². The van der Waals surface area contributed by atoms with E-state index in [1.165, 1.54) is 12.8 Å². The molecule has 10 heteroatoms. The molecule has 0 spiro atoms. The van der Waals surface area contributed by atoms with Crippen LogP contribution < -0.4 is 16.0 Å². The molecule has 176 valence electrons. The number of hydrogen-bond donors (Lipinski definition) is 3. The minimum absolute atomic E-state index is 0.0213. The number of hydrogen-bond acceptors (Lipinski definition) is 7. The minimum atomic E-state index is -0.511. The van der Waals surface area contributed by atoms with Gasteiger partial charge in [0.05, 0.1) is 17.9 Å². The first-order chi connectivity index (χ1) is 16.5. The molecule has 2 fully saturated rings. The van der Waals surface area contributed by atoms with Crippen LogP contribution in [0.4, 0.5) is 10.6 Å². The number of oxazole rings is 1. The molecule has 3 amide bonds. The van der Waals surface area contributed by atoms with Crippen LogP contribution in [0.25, 0.3) is 11.3 Å². The Labute approximate surface area is 197 Å². The molecule has 0 radical (unpaired) electrons. The Morgan fingerprint density at radius 1 is 1.26 bits per heavy atom. The first-order valence-electron chi connectivity index (χ1n) is 11.8. The Balaban J connectivity index is 1.21. The molecule has 1 saturated heterocycles. The van der Waals surface area contributed by atoms with E-state index in [1.54, 1.807) is 30.3 Å². The molecule has 34 heavy (non-hydrogen) atoms. The molecule has 10 nitrogen and oxygen atoms in total. The third-order valence-corrected chi connectivity index (χ3v) is 6.76. The van der Waals surface area contributed by atoms with Gasteiger partial charge in [-0.05, 0) is 43.4 Å². The molecule has 2 bridgehead atoms. The summed E-state index contributed by atoms with van der Waals surface area (Å²) in [6, 6.07) is 2.80. The SMILES string of the molecule is Cc1ncc(-c2ccnc(NC(=O)N3C4=C(C=CC(C(=O)NCC5CC5)N4)N4CC[C@H]3C4)c2)o1. The van der Waals surface area contributed by atoms with Gasteiger partial charge in [0, 0.05) is 38.3 Å². The van der Waals surface area contributed by atoms with Crippen LogP contribution in [0.5, 0.6) is 0 Å². The van der Waals surface area contributed by atoms with Crippen molar-refractivity contribution in [1.82, 2.24) is 30.4 Å². The Morgan fingerprint density at radius 3 is 2.94 bits per heavy atom. The molecule has 1 saturated carbocycles. The fourth-order valence-electron chi connectivity index (χ4n) is 4.75. The largest absolute Gasteiger partial charge is 0.441 e. The number of anilines is 1. The van der Waals surface area contributed by atoms with Crippen molar-refractivity contribution in [3.63, 3.8) is 0 Å². The Hall–Kier alpha value is -3.82. The molecule has 0 aromatic carbocycles. The summed E-state index contributed by atoms with van der Waals surface area (Å²) in [5.41, 5.74) is 1.72. The molecule has 2 atom stereocenters. The summed E-state index contributed by atoms with van der Waals surface area (Å²) in [4.78, 5) is 38.7. The highest BCUT2D eigenvalue weighted by molar-refractivity contribution is 5.91. The number of allylic oxidation sites excluding steroid dienone is 1. The number of nitrogens with one attached hydrogen (secondary N) is 3. The molecular weight excluding hydrogens is 434 g/mol. The van der Waals surface area contributed by atoms with Gasteiger partial charge in [0.1, 0.15) is 17.7 Å². The zero-order valence-electron chi connectivity index (χ0n) is 19.0. The molecule has 6 rings (SSSR count). The number of aromatic nitrogens is 2. The predicted octanol–water partition coefficient (Wildman–Crippen LogP) is 2.19. The maximum atomic E-state index is 13.5. The molecule has 1 aliphatic carbocycles. The van der Waals surface area contributed by atoms with Crippen molar-refractivity contribution in [3.05, 3.63) is 54.1 Å². The summed E-state index contributed by atoms with van der Waals surface area (Å²) in [6.07, 6.45) is 10.3. The van der Waals surface area contributed by atoms with E-state index in [9.17, 15) is 9.59 Å². The number of aryl methyl sites for hydroxylation is 1. The highest BCUT2D eigenvalue weighted by Gasteiger charge is 2.42. The summed E-state index contributed by atoms with van der Waals surface area (Å²) in [5.74, 6) is 2.81. The number of carbonyl (C=O) groups is 2. The molecule has 2 aromatic rings. The fraction of sp³-hybridized carbons (Fsp3) is 0.417. The number of urea groups is 1. The average molecular weight is 462 g/mol.